The van der Waals surface area contributed by atoms with Gasteiger partial charge in [0.2, 0.25) is 0 Å². The van der Waals surface area contributed by atoms with Gasteiger partial charge in [-0.05, 0) is 43.9 Å². The fourth-order valence-electron chi connectivity index (χ4n) is 2.07. The number of rotatable bonds is 8. The molecule has 1 aromatic carbocycles. The minimum atomic E-state index is -0.347. The predicted octanol–water partition coefficient (Wildman–Crippen LogP) is 2.75. The molecular formula is C16H26N2O3. The van der Waals surface area contributed by atoms with Gasteiger partial charge in [-0.15, -0.1) is 0 Å². The van der Waals surface area contributed by atoms with Gasteiger partial charge in [0.1, 0.15) is 0 Å². The number of nitrogens with one attached hydrogen (secondary N) is 2. The number of aliphatic hydroxyl groups excluding tert-OH is 1. The van der Waals surface area contributed by atoms with Crippen LogP contribution >= 0.6 is 0 Å². The lowest BCUT2D eigenvalue weighted by Crippen LogP contribution is -2.33. The molecule has 5 nitrogen and oxygen atoms in total. The highest BCUT2D eigenvalue weighted by atomic mass is 16.5. The largest absolute Gasteiger partial charge is 0.393 e. The minimum absolute atomic E-state index is 0.235. The van der Waals surface area contributed by atoms with E-state index in [0.717, 1.165) is 11.3 Å². The van der Waals surface area contributed by atoms with Crippen LogP contribution in [0.25, 0.3) is 0 Å². The Labute approximate surface area is 126 Å². The third-order valence-corrected chi connectivity index (χ3v) is 3.01. The number of urea groups is 1. The zero-order valence-electron chi connectivity index (χ0n) is 13.1. The molecule has 118 valence electrons. The zero-order valence-corrected chi connectivity index (χ0v) is 13.1. The first kappa shape index (κ1) is 17.5. The lowest BCUT2D eigenvalue weighted by atomic mass is 10.1. The van der Waals surface area contributed by atoms with Gasteiger partial charge >= 0.3 is 6.03 Å². The highest BCUT2D eigenvalue weighted by Gasteiger charge is 2.08. The van der Waals surface area contributed by atoms with Crippen molar-refractivity contribution in [2.24, 2.45) is 5.92 Å². The van der Waals surface area contributed by atoms with Crippen LogP contribution in [0.5, 0.6) is 0 Å². The molecule has 2 amide bonds. The molecule has 21 heavy (non-hydrogen) atoms. The maximum atomic E-state index is 11.8. The summed E-state index contributed by atoms with van der Waals surface area (Å²) in [4.78, 5) is 11.8. The van der Waals surface area contributed by atoms with E-state index >= 15 is 0 Å². The first-order valence-corrected chi connectivity index (χ1v) is 7.40. The first-order valence-electron chi connectivity index (χ1n) is 7.40. The van der Waals surface area contributed by atoms with E-state index in [9.17, 15) is 9.90 Å². The molecule has 0 bridgehead atoms. The summed E-state index contributed by atoms with van der Waals surface area (Å²) in [5, 5.41) is 14.9. The topological polar surface area (TPSA) is 70.6 Å². The van der Waals surface area contributed by atoms with Gasteiger partial charge < -0.3 is 20.5 Å². The second-order valence-electron chi connectivity index (χ2n) is 5.36. The van der Waals surface area contributed by atoms with Crippen LogP contribution in [0.3, 0.4) is 0 Å². The normalized spacial score (nSPS) is 13.5. The Morgan fingerprint density at radius 1 is 1.38 bits per heavy atom. The van der Waals surface area contributed by atoms with Crippen molar-refractivity contribution in [1.29, 1.82) is 0 Å². The van der Waals surface area contributed by atoms with Crippen LogP contribution in [0.4, 0.5) is 10.5 Å². The molecule has 2 unspecified atom stereocenters. The summed E-state index contributed by atoms with van der Waals surface area (Å²) in [5.41, 5.74) is 1.77. The van der Waals surface area contributed by atoms with E-state index in [-0.39, 0.29) is 18.1 Å². The third kappa shape index (κ3) is 7.68. The molecule has 1 rings (SSSR count). The summed E-state index contributed by atoms with van der Waals surface area (Å²) in [6.07, 6.45) is 0.324. The van der Waals surface area contributed by atoms with Gasteiger partial charge in [0, 0.05) is 18.8 Å². The number of hydrogen-bond acceptors (Lipinski definition) is 3. The number of carbonyl (C=O) groups excluding carboxylic acids is 1. The van der Waals surface area contributed by atoms with Crippen LogP contribution in [-0.2, 0) is 11.3 Å². The van der Waals surface area contributed by atoms with Crippen molar-refractivity contribution < 1.29 is 14.6 Å². The van der Waals surface area contributed by atoms with E-state index < -0.39 is 0 Å². The lowest BCUT2D eigenvalue weighted by Gasteiger charge is -2.15. The Balaban J connectivity index is 2.40. The van der Waals surface area contributed by atoms with E-state index in [2.05, 4.69) is 10.6 Å². The highest BCUT2D eigenvalue weighted by molar-refractivity contribution is 5.89. The molecule has 0 saturated heterocycles. The molecule has 0 aliphatic carbocycles. The maximum Gasteiger partial charge on any atom is 0.319 e. The van der Waals surface area contributed by atoms with E-state index in [1.54, 1.807) is 6.92 Å². The molecule has 0 aliphatic rings. The van der Waals surface area contributed by atoms with Crippen molar-refractivity contribution in [2.45, 2.75) is 39.9 Å². The Morgan fingerprint density at radius 3 is 2.81 bits per heavy atom. The number of amides is 2. The van der Waals surface area contributed by atoms with E-state index in [0.29, 0.717) is 26.2 Å². The molecule has 0 fully saturated rings. The van der Waals surface area contributed by atoms with Crippen LogP contribution in [0.1, 0.15) is 32.8 Å². The number of hydrogen-bond donors (Lipinski definition) is 3. The second kappa shape index (κ2) is 9.37. The summed E-state index contributed by atoms with van der Waals surface area (Å²) >= 11 is 0. The smallest absolute Gasteiger partial charge is 0.319 e. The highest BCUT2D eigenvalue weighted by Crippen LogP contribution is 2.11. The van der Waals surface area contributed by atoms with E-state index in [4.69, 9.17) is 4.74 Å². The maximum absolute atomic E-state index is 11.8. The Bertz CT molecular complexity index is 435. The SMILES string of the molecule is CCOCc1cccc(NC(=O)NCC(C)CC(C)O)c1. The standard InChI is InChI=1S/C16H26N2O3/c1-4-21-11-14-6-5-7-15(9-14)18-16(20)17-10-12(2)8-13(3)19/h5-7,9,12-13,19H,4,8,10-11H2,1-3H3,(H2,17,18,20). The molecule has 0 heterocycles. The lowest BCUT2D eigenvalue weighted by molar-refractivity contribution is 0.134. The molecule has 0 aromatic heterocycles. The van der Waals surface area contributed by atoms with Gasteiger partial charge in [0.05, 0.1) is 12.7 Å². The Hall–Kier alpha value is -1.59. The number of aliphatic hydroxyl groups is 1. The molecule has 0 aliphatic heterocycles. The predicted molar refractivity (Wildman–Crippen MR) is 84.3 cm³/mol. The van der Waals surface area contributed by atoms with Gasteiger partial charge in [-0.1, -0.05) is 19.1 Å². The molecule has 0 saturated carbocycles. The zero-order chi connectivity index (χ0) is 15.7. The summed E-state index contributed by atoms with van der Waals surface area (Å²) in [6.45, 7) is 7.44. The average molecular weight is 294 g/mol. The van der Waals surface area contributed by atoms with Crippen LogP contribution in [0, 0.1) is 5.92 Å². The van der Waals surface area contributed by atoms with Gasteiger partial charge in [0.15, 0.2) is 0 Å². The van der Waals surface area contributed by atoms with Crippen molar-refractivity contribution in [1.82, 2.24) is 5.32 Å². The van der Waals surface area contributed by atoms with Gasteiger partial charge in [0.25, 0.3) is 0 Å². The number of carbonyl (C=O) groups is 1. The number of anilines is 1. The molecule has 3 N–H and O–H groups in total. The molecular weight excluding hydrogens is 268 g/mol. The minimum Gasteiger partial charge on any atom is -0.393 e. The van der Waals surface area contributed by atoms with Crippen molar-refractivity contribution in [2.75, 3.05) is 18.5 Å². The van der Waals surface area contributed by atoms with Crippen molar-refractivity contribution >= 4 is 11.7 Å². The average Bonchev–Trinajstić information content (AvgIpc) is 2.42. The Kier molecular flexibility index (Phi) is 7.79. The summed E-state index contributed by atoms with van der Waals surface area (Å²) in [6, 6.07) is 7.35. The fraction of sp³-hybridized carbons (Fsp3) is 0.562. The van der Waals surface area contributed by atoms with Crippen molar-refractivity contribution in [3.8, 4) is 0 Å². The van der Waals surface area contributed by atoms with E-state index in [1.807, 2.05) is 38.1 Å². The number of benzene rings is 1. The van der Waals surface area contributed by atoms with Gasteiger partial charge in [-0.25, -0.2) is 4.79 Å². The molecule has 2 atom stereocenters. The third-order valence-electron chi connectivity index (χ3n) is 3.01. The summed E-state index contributed by atoms with van der Waals surface area (Å²) in [7, 11) is 0. The van der Waals surface area contributed by atoms with E-state index in [1.165, 1.54) is 0 Å². The summed E-state index contributed by atoms with van der Waals surface area (Å²) < 4.78 is 5.34. The van der Waals surface area contributed by atoms with Crippen molar-refractivity contribution in [3.63, 3.8) is 0 Å². The molecule has 0 spiro atoms. The van der Waals surface area contributed by atoms with Crippen LogP contribution in [0.2, 0.25) is 0 Å². The van der Waals surface area contributed by atoms with Crippen LogP contribution in [-0.4, -0.2) is 30.4 Å². The van der Waals surface area contributed by atoms with Crippen LogP contribution in [0.15, 0.2) is 24.3 Å². The summed E-state index contributed by atoms with van der Waals surface area (Å²) in [5.74, 6) is 0.236. The molecule has 5 heteroatoms. The van der Waals surface area contributed by atoms with Crippen LogP contribution < -0.4 is 10.6 Å². The monoisotopic (exact) mass is 294 g/mol. The van der Waals surface area contributed by atoms with Crippen molar-refractivity contribution in [3.05, 3.63) is 29.8 Å². The van der Waals surface area contributed by atoms with Gasteiger partial charge in [-0.3, -0.25) is 0 Å². The second-order valence-corrected chi connectivity index (χ2v) is 5.36. The fourth-order valence-corrected chi connectivity index (χ4v) is 2.07. The quantitative estimate of drug-likeness (QED) is 0.690. The molecule has 1 aromatic rings. The number of ether oxygens (including phenoxy) is 1. The molecule has 0 radical (unpaired) electrons. The van der Waals surface area contributed by atoms with Gasteiger partial charge in [-0.2, -0.15) is 0 Å². The Morgan fingerprint density at radius 2 is 2.14 bits per heavy atom. The first-order chi connectivity index (χ1) is 10.0.